The molecule has 0 spiro atoms. The third-order valence-corrected chi connectivity index (χ3v) is 2.16. The van der Waals surface area contributed by atoms with Crippen LogP contribution in [0.1, 0.15) is 18.1 Å². The molecular formula is C13H16O4. The van der Waals surface area contributed by atoms with Gasteiger partial charge in [-0.2, -0.15) is 0 Å². The molecule has 0 heterocycles. The van der Waals surface area contributed by atoms with Gasteiger partial charge in [0.25, 0.3) is 0 Å². The number of hydrogen-bond acceptors (Lipinski definition) is 3. The van der Waals surface area contributed by atoms with Crippen molar-refractivity contribution in [2.45, 2.75) is 13.3 Å². The van der Waals surface area contributed by atoms with Crippen molar-refractivity contribution in [2.75, 3.05) is 13.7 Å². The van der Waals surface area contributed by atoms with Gasteiger partial charge in [-0.05, 0) is 30.7 Å². The number of carboxylic acid groups (broad SMARTS) is 1. The minimum atomic E-state index is -0.852. The number of methoxy groups -OCH3 is 1. The van der Waals surface area contributed by atoms with Gasteiger partial charge >= 0.3 is 5.97 Å². The molecule has 1 N–H and O–H groups in total. The van der Waals surface area contributed by atoms with Crippen LogP contribution in [-0.4, -0.2) is 24.8 Å². The summed E-state index contributed by atoms with van der Waals surface area (Å²) in [6.07, 6.45) is 3.33. The molecule has 1 aromatic carbocycles. The third kappa shape index (κ3) is 4.18. The van der Waals surface area contributed by atoms with E-state index in [9.17, 15) is 4.79 Å². The van der Waals surface area contributed by atoms with Crippen LogP contribution in [0.3, 0.4) is 0 Å². The first kappa shape index (κ1) is 13.1. The van der Waals surface area contributed by atoms with Crippen molar-refractivity contribution in [1.82, 2.24) is 0 Å². The standard InChI is InChI=1S/C13H16O4/c1-3-17-7-6-11-8-10(9-13(14)15)4-5-12(11)16-2/h4-8H,3,9H2,1-2H3,(H,14,15)/b7-6+. The van der Waals surface area contributed by atoms with Crippen molar-refractivity contribution in [2.24, 2.45) is 0 Å². The Labute approximate surface area is 100 Å². The highest BCUT2D eigenvalue weighted by atomic mass is 16.5. The predicted molar refractivity (Wildman–Crippen MR) is 65.0 cm³/mol. The maximum absolute atomic E-state index is 10.6. The molecule has 1 rings (SSSR count). The smallest absolute Gasteiger partial charge is 0.307 e. The predicted octanol–water partition coefficient (Wildman–Crippen LogP) is 2.33. The fourth-order valence-corrected chi connectivity index (χ4v) is 1.42. The number of carbonyl (C=O) groups is 1. The number of ether oxygens (including phenoxy) is 2. The molecule has 0 saturated heterocycles. The van der Waals surface area contributed by atoms with E-state index in [2.05, 4.69) is 0 Å². The highest BCUT2D eigenvalue weighted by Gasteiger charge is 2.05. The highest BCUT2D eigenvalue weighted by molar-refractivity contribution is 5.71. The van der Waals surface area contributed by atoms with E-state index in [1.54, 1.807) is 37.6 Å². The summed E-state index contributed by atoms with van der Waals surface area (Å²) < 4.78 is 10.3. The Balaban J connectivity index is 2.93. The van der Waals surface area contributed by atoms with Crippen LogP contribution in [0.5, 0.6) is 5.75 Å². The Morgan fingerprint density at radius 3 is 2.82 bits per heavy atom. The summed E-state index contributed by atoms with van der Waals surface area (Å²) in [6.45, 7) is 2.48. The summed E-state index contributed by atoms with van der Waals surface area (Å²) >= 11 is 0. The van der Waals surface area contributed by atoms with Crippen LogP contribution in [0.15, 0.2) is 24.5 Å². The van der Waals surface area contributed by atoms with E-state index in [0.717, 1.165) is 11.1 Å². The van der Waals surface area contributed by atoms with Gasteiger partial charge in [0.05, 0.1) is 26.4 Å². The molecule has 4 nitrogen and oxygen atoms in total. The lowest BCUT2D eigenvalue weighted by molar-refractivity contribution is -0.136. The van der Waals surface area contributed by atoms with Crippen molar-refractivity contribution in [3.63, 3.8) is 0 Å². The quantitative estimate of drug-likeness (QED) is 0.770. The van der Waals surface area contributed by atoms with Crippen LogP contribution in [0.25, 0.3) is 6.08 Å². The second-order valence-electron chi connectivity index (χ2n) is 3.40. The van der Waals surface area contributed by atoms with Crippen LogP contribution >= 0.6 is 0 Å². The Morgan fingerprint density at radius 1 is 1.47 bits per heavy atom. The van der Waals surface area contributed by atoms with Crippen molar-refractivity contribution in [1.29, 1.82) is 0 Å². The van der Waals surface area contributed by atoms with Gasteiger partial charge in [0.15, 0.2) is 0 Å². The summed E-state index contributed by atoms with van der Waals surface area (Å²) in [6, 6.07) is 5.28. The maximum Gasteiger partial charge on any atom is 0.307 e. The summed E-state index contributed by atoms with van der Waals surface area (Å²) in [7, 11) is 1.57. The van der Waals surface area contributed by atoms with Crippen molar-refractivity contribution >= 4 is 12.0 Å². The molecule has 4 heteroatoms. The monoisotopic (exact) mass is 236 g/mol. The lowest BCUT2D eigenvalue weighted by Gasteiger charge is -2.06. The molecular weight excluding hydrogens is 220 g/mol. The molecule has 0 unspecified atom stereocenters. The first-order valence-corrected chi connectivity index (χ1v) is 5.34. The summed E-state index contributed by atoms with van der Waals surface area (Å²) in [5.74, 6) is -0.162. The zero-order valence-corrected chi connectivity index (χ0v) is 9.97. The molecule has 92 valence electrons. The van der Waals surface area contributed by atoms with Gasteiger partial charge < -0.3 is 14.6 Å². The number of carboxylic acids is 1. The van der Waals surface area contributed by atoms with Gasteiger partial charge in [-0.1, -0.05) is 6.07 Å². The van der Waals surface area contributed by atoms with E-state index >= 15 is 0 Å². The molecule has 0 saturated carbocycles. The first-order valence-electron chi connectivity index (χ1n) is 5.34. The van der Waals surface area contributed by atoms with Gasteiger partial charge in [0.2, 0.25) is 0 Å². The molecule has 0 radical (unpaired) electrons. The zero-order chi connectivity index (χ0) is 12.7. The number of hydrogen-bond donors (Lipinski definition) is 1. The van der Waals surface area contributed by atoms with Crippen molar-refractivity contribution < 1.29 is 19.4 Å². The maximum atomic E-state index is 10.6. The van der Waals surface area contributed by atoms with Gasteiger partial charge in [0, 0.05) is 5.56 Å². The van der Waals surface area contributed by atoms with Gasteiger partial charge in [0.1, 0.15) is 5.75 Å². The average molecular weight is 236 g/mol. The van der Waals surface area contributed by atoms with Crippen molar-refractivity contribution in [3.05, 3.63) is 35.6 Å². The lowest BCUT2D eigenvalue weighted by atomic mass is 10.1. The molecule has 0 bridgehead atoms. The number of rotatable bonds is 6. The Hall–Kier alpha value is -1.97. The Kier molecular flexibility index (Phi) is 5.07. The van der Waals surface area contributed by atoms with Crippen molar-refractivity contribution in [3.8, 4) is 5.75 Å². The normalized spacial score (nSPS) is 10.5. The van der Waals surface area contributed by atoms with E-state index < -0.39 is 5.97 Å². The third-order valence-electron chi connectivity index (χ3n) is 2.16. The highest BCUT2D eigenvalue weighted by Crippen LogP contribution is 2.21. The van der Waals surface area contributed by atoms with Gasteiger partial charge in [-0.15, -0.1) is 0 Å². The second-order valence-corrected chi connectivity index (χ2v) is 3.40. The molecule has 0 atom stereocenters. The van der Waals surface area contributed by atoms with Crippen LogP contribution in [0, 0.1) is 0 Å². The van der Waals surface area contributed by atoms with Gasteiger partial charge in [-0.25, -0.2) is 0 Å². The fourth-order valence-electron chi connectivity index (χ4n) is 1.42. The zero-order valence-electron chi connectivity index (χ0n) is 9.97. The van der Waals surface area contributed by atoms with E-state index in [1.807, 2.05) is 6.92 Å². The van der Waals surface area contributed by atoms with Crippen LogP contribution in [0.2, 0.25) is 0 Å². The summed E-state index contributed by atoms with van der Waals surface area (Å²) in [5.41, 5.74) is 1.54. The van der Waals surface area contributed by atoms with E-state index in [0.29, 0.717) is 12.4 Å². The molecule has 0 aromatic heterocycles. The lowest BCUT2D eigenvalue weighted by Crippen LogP contribution is -2.00. The van der Waals surface area contributed by atoms with Crippen LogP contribution in [0.4, 0.5) is 0 Å². The minimum Gasteiger partial charge on any atom is -0.501 e. The van der Waals surface area contributed by atoms with Crippen LogP contribution < -0.4 is 4.74 Å². The Morgan fingerprint density at radius 2 is 2.24 bits per heavy atom. The fraction of sp³-hybridized carbons (Fsp3) is 0.308. The Bertz CT molecular complexity index is 410. The van der Waals surface area contributed by atoms with E-state index in [4.69, 9.17) is 14.6 Å². The molecule has 17 heavy (non-hydrogen) atoms. The number of aliphatic carboxylic acids is 1. The molecule has 0 aliphatic carbocycles. The molecule has 1 aromatic rings. The first-order chi connectivity index (χ1) is 8.17. The topological polar surface area (TPSA) is 55.8 Å². The molecule has 0 fully saturated rings. The second kappa shape index (κ2) is 6.58. The van der Waals surface area contributed by atoms with Gasteiger partial charge in [-0.3, -0.25) is 4.79 Å². The molecule has 0 aliphatic rings. The van der Waals surface area contributed by atoms with E-state index in [1.165, 1.54) is 0 Å². The summed E-state index contributed by atoms with van der Waals surface area (Å²) in [4.78, 5) is 10.6. The minimum absolute atomic E-state index is 0.000527. The molecule has 0 aliphatic heterocycles. The van der Waals surface area contributed by atoms with Crippen LogP contribution in [-0.2, 0) is 16.0 Å². The van der Waals surface area contributed by atoms with E-state index in [-0.39, 0.29) is 6.42 Å². The molecule has 0 amide bonds. The SMILES string of the molecule is CCO/C=C/c1cc(CC(=O)O)ccc1OC. The summed E-state index contributed by atoms with van der Waals surface area (Å²) in [5, 5.41) is 8.72. The largest absolute Gasteiger partial charge is 0.501 e. The number of benzene rings is 1. The average Bonchev–Trinajstić information content (AvgIpc) is 2.29.